The number of hydrogen-bond acceptors (Lipinski definition) is 6. The Bertz CT molecular complexity index is 1210. The summed E-state index contributed by atoms with van der Waals surface area (Å²) < 4.78 is 32.3. The Morgan fingerprint density at radius 2 is 1.50 bits per heavy atom. The second kappa shape index (κ2) is 9.82. The highest BCUT2D eigenvalue weighted by Gasteiger charge is 2.26. The maximum atomic E-state index is 12.8. The van der Waals surface area contributed by atoms with E-state index in [4.69, 9.17) is 4.74 Å². The molecule has 1 aliphatic rings. The van der Waals surface area contributed by atoms with Crippen LogP contribution in [0.4, 0.5) is 17.1 Å². The van der Waals surface area contributed by atoms with E-state index in [1.165, 1.54) is 16.4 Å². The molecule has 4 rings (SSSR count). The van der Waals surface area contributed by atoms with Crippen molar-refractivity contribution in [2.45, 2.75) is 4.90 Å². The Morgan fingerprint density at radius 1 is 0.844 bits per heavy atom. The van der Waals surface area contributed by atoms with Crippen LogP contribution >= 0.6 is 0 Å². The van der Waals surface area contributed by atoms with Crippen LogP contribution in [0.25, 0.3) is 0 Å². The molecular formula is C23H22N4O4S. The van der Waals surface area contributed by atoms with Crippen LogP contribution in [0.2, 0.25) is 0 Å². The molecule has 1 amide bonds. The van der Waals surface area contributed by atoms with E-state index in [1.54, 1.807) is 36.4 Å². The Kier molecular flexibility index (Phi) is 6.69. The number of benzene rings is 3. The zero-order chi connectivity index (χ0) is 22.4. The average Bonchev–Trinajstić information content (AvgIpc) is 2.85. The third-order valence-electron chi connectivity index (χ3n) is 4.87. The molecule has 0 spiro atoms. The molecule has 0 radical (unpaired) electrons. The lowest BCUT2D eigenvalue weighted by Crippen LogP contribution is -2.40. The van der Waals surface area contributed by atoms with Gasteiger partial charge in [-0.1, -0.05) is 24.3 Å². The standard InChI is InChI=1S/C23H22N4O4S/c28-23(18-5-4-8-22(17-18)32(29,30)27-13-15-31-16-14-27)24-19-9-11-21(12-10-19)26-25-20-6-2-1-3-7-20/h1-12,17H,13-16H2,(H,24,28). The largest absolute Gasteiger partial charge is 0.379 e. The number of rotatable bonds is 6. The number of carbonyl (C=O) groups is 1. The number of morpholine rings is 1. The minimum absolute atomic E-state index is 0.0868. The van der Waals surface area contributed by atoms with Gasteiger partial charge in [0.05, 0.1) is 29.5 Å². The predicted octanol–water partition coefficient (Wildman–Crippen LogP) is 4.38. The highest BCUT2D eigenvalue weighted by atomic mass is 32.2. The van der Waals surface area contributed by atoms with Gasteiger partial charge in [0.15, 0.2) is 0 Å². The van der Waals surface area contributed by atoms with Crippen molar-refractivity contribution in [3.8, 4) is 0 Å². The number of amides is 1. The number of nitrogens with zero attached hydrogens (tertiary/aromatic N) is 3. The summed E-state index contributed by atoms with van der Waals surface area (Å²) >= 11 is 0. The van der Waals surface area contributed by atoms with E-state index in [2.05, 4.69) is 15.5 Å². The normalized spacial score (nSPS) is 15.0. The summed E-state index contributed by atoms with van der Waals surface area (Å²) in [7, 11) is -3.68. The van der Waals surface area contributed by atoms with Gasteiger partial charge in [0.1, 0.15) is 0 Å². The molecule has 0 saturated carbocycles. The van der Waals surface area contributed by atoms with Gasteiger partial charge >= 0.3 is 0 Å². The maximum Gasteiger partial charge on any atom is 0.255 e. The van der Waals surface area contributed by atoms with Crippen molar-refractivity contribution in [1.29, 1.82) is 0 Å². The van der Waals surface area contributed by atoms with Crippen molar-refractivity contribution in [2.24, 2.45) is 10.2 Å². The summed E-state index contributed by atoms with van der Waals surface area (Å²) in [5.74, 6) is -0.400. The van der Waals surface area contributed by atoms with E-state index in [9.17, 15) is 13.2 Å². The molecule has 164 valence electrons. The smallest absolute Gasteiger partial charge is 0.255 e. The molecular weight excluding hydrogens is 428 g/mol. The van der Waals surface area contributed by atoms with Crippen LogP contribution in [0.5, 0.6) is 0 Å². The summed E-state index contributed by atoms with van der Waals surface area (Å²) in [6.45, 7) is 1.32. The van der Waals surface area contributed by atoms with E-state index < -0.39 is 15.9 Å². The minimum Gasteiger partial charge on any atom is -0.379 e. The van der Waals surface area contributed by atoms with Gasteiger partial charge in [-0.2, -0.15) is 14.5 Å². The monoisotopic (exact) mass is 450 g/mol. The Labute approximate surface area is 186 Å². The highest BCUT2D eigenvalue weighted by Crippen LogP contribution is 2.22. The summed E-state index contributed by atoms with van der Waals surface area (Å²) in [6.07, 6.45) is 0. The van der Waals surface area contributed by atoms with Gasteiger partial charge < -0.3 is 10.1 Å². The van der Waals surface area contributed by atoms with E-state index in [0.717, 1.165) is 5.69 Å². The van der Waals surface area contributed by atoms with Crippen LogP contribution < -0.4 is 5.32 Å². The Hall–Kier alpha value is -3.40. The lowest BCUT2D eigenvalue weighted by atomic mass is 10.2. The van der Waals surface area contributed by atoms with Crippen molar-refractivity contribution in [1.82, 2.24) is 4.31 Å². The number of azo groups is 1. The summed E-state index contributed by atoms with van der Waals surface area (Å²) in [6, 6.07) is 22.3. The summed E-state index contributed by atoms with van der Waals surface area (Å²) in [5.41, 5.74) is 2.21. The lowest BCUT2D eigenvalue weighted by molar-refractivity contribution is 0.0730. The number of nitrogens with one attached hydrogen (secondary N) is 1. The number of anilines is 1. The van der Waals surface area contributed by atoms with Crippen LogP contribution in [0.1, 0.15) is 10.4 Å². The van der Waals surface area contributed by atoms with Gasteiger partial charge in [0.2, 0.25) is 10.0 Å². The molecule has 1 heterocycles. The van der Waals surface area contributed by atoms with Gasteiger partial charge in [-0.15, -0.1) is 0 Å². The average molecular weight is 451 g/mol. The zero-order valence-electron chi connectivity index (χ0n) is 17.2. The number of sulfonamides is 1. The first-order valence-electron chi connectivity index (χ1n) is 10.1. The fourth-order valence-electron chi connectivity index (χ4n) is 3.16. The number of hydrogen-bond donors (Lipinski definition) is 1. The van der Waals surface area contributed by atoms with Crippen molar-refractivity contribution < 1.29 is 17.9 Å². The van der Waals surface area contributed by atoms with Gasteiger partial charge in [-0.3, -0.25) is 4.79 Å². The second-order valence-corrected chi connectivity index (χ2v) is 9.02. The van der Waals surface area contributed by atoms with Crippen LogP contribution in [0.15, 0.2) is 94.0 Å². The van der Waals surface area contributed by atoms with Crippen molar-refractivity contribution in [3.63, 3.8) is 0 Å². The van der Waals surface area contributed by atoms with Crippen LogP contribution in [-0.4, -0.2) is 44.9 Å². The lowest BCUT2D eigenvalue weighted by Gasteiger charge is -2.26. The van der Waals surface area contributed by atoms with Crippen molar-refractivity contribution >= 4 is 33.0 Å². The van der Waals surface area contributed by atoms with E-state index >= 15 is 0 Å². The molecule has 3 aromatic rings. The molecule has 0 unspecified atom stereocenters. The SMILES string of the molecule is O=C(Nc1ccc(N=Nc2ccccc2)cc1)c1cccc(S(=O)(=O)N2CCOCC2)c1. The fourth-order valence-corrected chi connectivity index (χ4v) is 4.61. The van der Waals surface area contributed by atoms with Gasteiger partial charge in [-0.25, -0.2) is 8.42 Å². The zero-order valence-corrected chi connectivity index (χ0v) is 18.0. The van der Waals surface area contributed by atoms with Crippen LogP contribution in [-0.2, 0) is 14.8 Å². The highest BCUT2D eigenvalue weighted by molar-refractivity contribution is 7.89. The van der Waals surface area contributed by atoms with Gasteiger partial charge in [-0.05, 0) is 54.6 Å². The minimum atomic E-state index is -3.68. The van der Waals surface area contributed by atoms with Gasteiger partial charge in [0, 0.05) is 24.3 Å². The topological polar surface area (TPSA) is 100 Å². The van der Waals surface area contributed by atoms with Crippen molar-refractivity contribution in [3.05, 3.63) is 84.4 Å². The Balaban J connectivity index is 1.44. The molecule has 1 aliphatic heterocycles. The van der Waals surface area contributed by atoms with Crippen LogP contribution in [0, 0.1) is 0 Å². The molecule has 0 aliphatic carbocycles. The molecule has 1 N–H and O–H groups in total. The molecule has 1 fully saturated rings. The molecule has 8 nitrogen and oxygen atoms in total. The van der Waals surface area contributed by atoms with E-state index in [0.29, 0.717) is 37.7 Å². The molecule has 3 aromatic carbocycles. The third-order valence-corrected chi connectivity index (χ3v) is 6.76. The number of ether oxygens (including phenoxy) is 1. The molecule has 0 bridgehead atoms. The predicted molar refractivity (Wildman–Crippen MR) is 121 cm³/mol. The molecule has 0 atom stereocenters. The first kappa shape index (κ1) is 21.8. The fraction of sp³-hybridized carbons (Fsp3) is 0.174. The van der Waals surface area contributed by atoms with E-state index in [1.807, 2.05) is 30.3 Å². The molecule has 9 heteroatoms. The second-order valence-electron chi connectivity index (χ2n) is 7.08. The summed E-state index contributed by atoms with van der Waals surface area (Å²) in [5, 5.41) is 11.1. The molecule has 0 aromatic heterocycles. The van der Waals surface area contributed by atoms with Crippen molar-refractivity contribution in [2.75, 3.05) is 31.6 Å². The maximum absolute atomic E-state index is 12.8. The van der Waals surface area contributed by atoms with Gasteiger partial charge in [0.25, 0.3) is 5.91 Å². The quantitative estimate of drug-likeness (QED) is 0.563. The molecule has 32 heavy (non-hydrogen) atoms. The molecule has 1 saturated heterocycles. The first-order chi connectivity index (χ1) is 15.5. The Morgan fingerprint density at radius 3 is 2.19 bits per heavy atom. The third kappa shape index (κ3) is 5.25. The van der Waals surface area contributed by atoms with Crippen LogP contribution in [0.3, 0.4) is 0 Å². The number of carbonyl (C=O) groups excluding carboxylic acids is 1. The first-order valence-corrected chi connectivity index (χ1v) is 11.5. The summed E-state index contributed by atoms with van der Waals surface area (Å²) in [4.78, 5) is 12.8. The van der Waals surface area contributed by atoms with E-state index in [-0.39, 0.29) is 10.5 Å².